The Morgan fingerprint density at radius 3 is 2.62 bits per heavy atom. The van der Waals surface area contributed by atoms with Crippen LogP contribution in [0.1, 0.15) is 79.1 Å². The van der Waals surface area contributed by atoms with Crippen LogP contribution in [0.25, 0.3) is 0 Å². The van der Waals surface area contributed by atoms with Gasteiger partial charge in [-0.2, -0.15) is 0 Å². The van der Waals surface area contributed by atoms with E-state index < -0.39 is 0 Å². The van der Waals surface area contributed by atoms with Gasteiger partial charge in [0.05, 0.1) is 0 Å². The zero-order valence-electron chi connectivity index (χ0n) is 16.8. The standard InChI is InChI=1S/C23H34O3/c1-14(26-15(2)24)19-7-8-20-18-6-5-16-13-17(25)9-11-22(16,3)21(18)10-12-23(19,20)4/h13-14,18-21H,5-12H2,1-4H3. The molecule has 0 bridgehead atoms. The third-order valence-electron chi connectivity index (χ3n) is 8.95. The summed E-state index contributed by atoms with van der Waals surface area (Å²) in [6.07, 6.45) is 11.1. The van der Waals surface area contributed by atoms with Gasteiger partial charge in [-0.15, -0.1) is 0 Å². The Hall–Kier alpha value is -1.12. The average Bonchev–Trinajstić information content (AvgIpc) is 2.92. The molecule has 0 saturated heterocycles. The highest BCUT2D eigenvalue weighted by molar-refractivity contribution is 5.91. The summed E-state index contributed by atoms with van der Waals surface area (Å²) in [5, 5.41) is 0. The molecule has 0 amide bonds. The van der Waals surface area contributed by atoms with E-state index in [2.05, 4.69) is 20.8 Å². The monoisotopic (exact) mass is 358 g/mol. The Kier molecular flexibility index (Phi) is 4.36. The van der Waals surface area contributed by atoms with E-state index in [1.807, 2.05) is 6.08 Å². The van der Waals surface area contributed by atoms with E-state index in [1.54, 1.807) is 0 Å². The molecule has 3 saturated carbocycles. The van der Waals surface area contributed by atoms with Gasteiger partial charge in [-0.05, 0) is 86.5 Å². The fourth-order valence-corrected chi connectivity index (χ4v) is 7.71. The van der Waals surface area contributed by atoms with Gasteiger partial charge in [0.15, 0.2) is 5.78 Å². The Balaban J connectivity index is 1.59. The quantitative estimate of drug-likeness (QED) is 0.646. The summed E-state index contributed by atoms with van der Waals surface area (Å²) in [7, 11) is 0. The van der Waals surface area contributed by atoms with Gasteiger partial charge in [0, 0.05) is 19.3 Å². The lowest BCUT2D eigenvalue weighted by atomic mass is 9.46. The van der Waals surface area contributed by atoms with Crippen LogP contribution in [0.2, 0.25) is 0 Å². The SMILES string of the molecule is CC(=O)OC(C)C1CCC2C3CCC4=CC(=O)CCC4(C)C3CCC12C. The van der Waals surface area contributed by atoms with Crippen LogP contribution in [0, 0.1) is 34.5 Å². The first-order valence-electron chi connectivity index (χ1n) is 10.7. The average molecular weight is 359 g/mol. The summed E-state index contributed by atoms with van der Waals surface area (Å²) in [5.74, 6) is 2.95. The number of allylic oxidation sites excluding steroid dienone is 1. The zero-order chi connectivity index (χ0) is 18.7. The summed E-state index contributed by atoms with van der Waals surface area (Å²) in [5.41, 5.74) is 2.00. The Bertz CT molecular complexity index is 650. The van der Waals surface area contributed by atoms with Crippen LogP contribution in [-0.4, -0.2) is 17.9 Å². The van der Waals surface area contributed by atoms with Crippen molar-refractivity contribution in [1.29, 1.82) is 0 Å². The third kappa shape index (κ3) is 2.60. The van der Waals surface area contributed by atoms with Gasteiger partial charge in [0.25, 0.3) is 0 Å². The molecule has 0 N–H and O–H groups in total. The summed E-state index contributed by atoms with van der Waals surface area (Å²) >= 11 is 0. The molecule has 0 spiro atoms. The van der Waals surface area contributed by atoms with E-state index >= 15 is 0 Å². The van der Waals surface area contributed by atoms with Gasteiger partial charge in [-0.1, -0.05) is 19.4 Å². The van der Waals surface area contributed by atoms with Gasteiger partial charge in [0.1, 0.15) is 6.10 Å². The summed E-state index contributed by atoms with van der Waals surface area (Å²) < 4.78 is 5.62. The normalized spacial score (nSPS) is 45.8. The largest absolute Gasteiger partial charge is 0.463 e. The summed E-state index contributed by atoms with van der Waals surface area (Å²) in [6.45, 7) is 8.55. The van der Waals surface area contributed by atoms with Crippen molar-refractivity contribution in [3.05, 3.63) is 11.6 Å². The van der Waals surface area contributed by atoms with Crippen LogP contribution in [-0.2, 0) is 14.3 Å². The number of hydrogen-bond donors (Lipinski definition) is 0. The van der Waals surface area contributed by atoms with E-state index in [-0.39, 0.29) is 17.5 Å². The summed E-state index contributed by atoms with van der Waals surface area (Å²) in [4.78, 5) is 23.4. The highest BCUT2D eigenvalue weighted by Crippen LogP contribution is 2.67. The first kappa shape index (κ1) is 18.3. The molecular formula is C23H34O3. The highest BCUT2D eigenvalue weighted by Gasteiger charge is 2.59. The van der Waals surface area contributed by atoms with Crippen molar-refractivity contribution in [2.75, 3.05) is 0 Å². The molecule has 3 fully saturated rings. The van der Waals surface area contributed by atoms with Crippen LogP contribution in [0.4, 0.5) is 0 Å². The number of esters is 1. The van der Waals surface area contributed by atoms with Gasteiger partial charge in [0.2, 0.25) is 0 Å². The first-order chi connectivity index (χ1) is 12.3. The van der Waals surface area contributed by atoms with Crippen molar-refractivity contribution in [2.45, 2.75) is 85.2 Å². The second-order valence-electron chi connectivity index (χ2n) is 10.0. The van der Waals surface area contributed by atoms with Crippen LogP contribution in [0.3, 0.4) is 0 Å². The first-order valence-corrected chi connectivity index (χ1v) is 10.7. The van der Waals surface area contributed by atoms with Crippen LogP contribution in [0.15, 0.2) is 11.6 Å². The molecule has 3 nitrogen and oxygen atoms in total. The van der Waals surface area contributed by atoms with Crippen LogP contribution in [0.5, 0.6) is 0 Å². The second kappa shape index (κ2) is 6.21. The molecule has 0 heterocycles. The van der Waals surface area contributed by atoms with Crippen molar-refractivity contribution in [3.63, 3.8) is 0 Å². The highest BCUT2D eigenvalue weighted by atomic mass is 16.5. The molecule has 0 aromatic heterocycles. The number of ether oxygens (including phenoxy) is 1. The maximum Gasteiger partial charge on any atom is 0.302 e. The molecule has 3 heteroatoms. The summed E-state index contributed by atoms with van der Waals surface area (Å²) in [6, 6.07) is 0. The Labute approximate surface area is 157 Å². The van der Waals surface area contributed by atoms with Crippen LogP contribution >= 0.6 is 0 Å². The predicted octanol–water partition coefficient (Wildman–Crippen LogP) is 5.09. The molecule has 4 rings (SSSR count). The maximum atomic E-state index is 11.9. The minimum Gasteiger partial charge on any atom is -0.463 e. The second-order valence-corrected chi connectivity index (χ2v) is 10.0. The smallest absolute Gasteiger partial charge is 0.302 e. The number of hydrogen-bond acceptors (Lipinski definition) is 3. The fourth-order valence-electron chi connectivity index (χ4n) is 7.71. The number of fused-ring (bicyclic) bond motifs is 5. The molecule has 7 atom stereocenters. The van der Waals surface area contributed by atoms with Crippen LogP contribution < -0.4 is 0 Å². The lowest BCUT2D eigenvalue weighted by molar-refractivity contribution is -0.152. The number of ketones is 1. The van der Waals surface area contributed by atoms with Crippen molar-refractivity contribution >= 4 is 11.8 Å². The minimum absolute atomic E-state index is 0.0287. The van der Waals surface area contributed by atoms with E-state index in [4.69, 9.17) is 4.74 Å². The fraction of sp³-hybridized carbons (Fsp3) is 0.826. The number of rotatable bonds is 2. The molecule has 26 heavy (non-hydrogen) atoms. The molecule has 7 unspecified atom stereocenters. The molecule has 144 valence electrons. The van der Waals surface area contributed by atoms with Gasteiger partial charge in [-0.25, -0.2) is 0 Å². The van der Waals surface area contributed by atoms with Crippen molar-refractivity contribution in [2.24, 2.45) is 34.5 Å². The van der Waals surface area contributed by atoms with Gasteiger partial charge < -0.3 is 4.74 Å². The lowest BCUT2D eigenvalue weighted by Crippen LogP contribution is -2.51. The molecule has 0 aromatic carbocycles. The minimum atomic E-state index is -0.148. The van der Waals surface area contributed by atoms with Crippen molar-refractivity contribution in [1.82, 2.24) is 0 Å². The molecule has 0 radical (unpaired) electrons. The number of carbonyl (C=O) groups excluding carboxylic acids is 2. The van der Waals surface area contributed by atoms with Crippen molar-refractivity contribution in [3.8, 4) is 0 Å². The van der Waals surface area contributed by atoms with E-state index in [9.17, 15) is 9.59 Å². The topological polar surface area (TPSA) is 43.4 Å². The predicted molar refractivity (Wildman–Crippen MR) is 101 cm³/mol. The Morgan fingerprint density at radius 1 is 1.12 bits per heavy atom. The third-order valence-corrected chi connectivity index (χ3v) is 8.95. The van der Waals surface area contributed by atoms with E-state index in [0.717, 1.165) is 37.0 Å². The van der Waals surface area contributed by atoms with E-state index in [0.29, 0.717) is 17.1 Å². The molecule has 4 aliphatic carbocycles. The van der Waals surface area contributed by atoms with E-state index in [1.165, 1.54) is 44.6 Å². The Morgan fingerprint density at radius 2 is 1.88 bits per heavy atom. The molecule has 0 aromatic rings. The molecular weight excluding hydrogens is 324 g/mol. The molecule has 4 aliphatic rings. The molecule has 0 aliphatic heterocycles. The van der Waals surface area contributed by atoms with Gasteiger partial charge in [-0.3, -0.25) is 9.59 Å². The van der Waals surface area contributed by atoms with Crippen molar-refractivity contribution < 1.29 is 14.3 Å². The number of carbonyl (C=O) groups is 2. The lowest BCUT2D eigenvalue weighted by Gasteiger charge is -2.58. The zero-order valence-corrected chi connectivity index (χ0v) is 16.8. The van der Waals surface area contributed by atoms with Gasteiger partial charge >= 0.3 is 5.97 Å². The maximum absolute atomic E-state index is 11.9.